The zero-order chi connectivity index (χ0) is 50.6. The summed E-state index contributed by atoms with van der Waals surface area (Å²) in [5, 5.41) is 14.8. The summed E-state index contributed by atoms with van der Waals surface area (Å²) in [6, 6.07) is 103. The third kappa shape index (κ3) is 6.64. The average molecular weight is 1000 g/mol. The van der Waals surface area contributed by atoms with Gasteiger partial charge >= 0.3 is 435 Å². The molecular weight excluding hydrogens is 953 g/mol. The molecule has 4 nitrogen and oxygen atoms in total. The van der Waals surface area contributed by atoms with Crippen LogP contribution in [0.2, 0.25) is 0 Å². The standard InChI is InChI=1S/C72H47N2O2Si/c1-5-17-51(18-6-1)73-65-35-29-47(49-31-39-71-63(43-49)57-25-13-15-27-69(57)75-71)41-59(65)61-45-55(33-37-67(61)73)77(53-21-9-3-10-22-53,54-23-11-4-12-24-54)56-34-38-68-62(46-56)60-42-48(30-36-66(60)74(68)52-19-7-2-8-20-52)50-32-40-72-64(44-50)58-26-14-16-28-70(58)76-72/h1-46,77H/q-1. The van der Waals surface area contributed by atoms with Crippen LogP contribution in [0.4, 0.5) is 0 Å². The normalized spacial score (nSPS) is 12.4. The first-order valence-electron chi connectivity index (χ1n) is 26.5. The molecule has 0 N–H and O–H groups in total. The van der Waals surface area contributed by atoms with Crippen molar-refractivity contribution in [3.63, 3.8) is 0 Å². The van der Waals surface area contributed by atoms with Gasteiger partial charge in [-0.1, -0.05) is 12.1 Å². The van der Waals surface area contributed by atoms with Gasteiger partial charge < -0.3 is 0 Å². The van der Waals surface area contributed by atoms with E-state index in [1.165, 1.54) is 64.4 Å². The molecule has 0 amide bonds. The Kier molecular flexibility index (Phi) is 9.62. The van der Waals surface area contributed by atoms with Gasteiger partial charge in [0.2, 0.25) is 0 Å². The Bertz CT molecular complexity index is 4660. The Morgan fingerprint density at radius 1 is 0.221 bits per heavy atom. The fraction of sp³-hybridized carbons (Fsp3) is 0. The van der Waals surface area contributed by atoms with E-state index in [-0.39, 0.29) is 0 Å². The molecule has 0 aliphatic heterocycles. The molecule has 0 unspecified atom stereocenters. The summed E-state index contributed by atoms with van der Waals surface area (Å²) in [5.74, 6) is 0. The van der Waals surface area contributed by atoms with Crippen LogP contribution in [0.15, 0.2) is 288 Å². The number of hydrogen-bond acceptors (Lipinski definition) is 2. The topological polar surface area (TPSA) is 36.1 Å². The summed E-state index contributed by atoms with van der Waals surface area (Å²) < 4.78 is 17.5. The Morgan fingerprint density at radius 2 is 0.532 bits per heavy atom. The average Bonchev–Trinajstić information content (AvgIpc) is 4.37. The summed E-state index contributed by atoms with van der Waals surface area (Å²) in [6.07, 6.45) is 0. The Morgan fingerprint density at radius 3 is 0.948 bits per heavy atom. The van der Waals surface area contributed by atoms with Crippen molar-refractivity contribution in [1.82, 2.24) is 9.13 Å². The molecule has 0 saturated heterocycles. The van der Waals surface area contributed by atoms with Crippen LogP contribution in [0, 0.1) is 0 Å². The summed E-state index contributed by atoms with van der Waals surface area (Å²) in [4.78, 5) is 0. The summed E-state index contributed by atoms with van der Waals surface area (Å²) in [6.45, 7) is 0. The van der Waals surface area contributed by atoms with Crippen LogP contribution in [0.25, 0.3) is 121 Å². The second-order valence-corrected chi connectivity index (χ2v) is 25.1. The Hall–Kier alpha value is -9.94. The van der Waals surface area contributed by atoms with Crippen molar-refractivity contribution >= 4 is 116 Å². The van der Waals surface area contributed by atoms with E-state index in [1.807, 2.05) is 12.1 Å². The van der Waals surface area contributed by atoms with Crippen LogP contribution in [-0.2, 0) is 0 Å². The van der Waals surface area contributed by atoms with E-state index >= 15 is 0 Å². The van der Waals surface area contributed by atoms with Gasteiger partial charge in [0, 0.05) is 0 Å². The first-order chi connectivity index (χ1) is 38.2. The zero-order valence-corrected chi connectivity index (χ0v) is 43.0. The van der Waals surface area contributed by atoms with Crippen LogP contribution in [0.1, 0.15) is 0 Å². The Labute approximate surface area is 444 Å². The number of furan rings is 2. The molecule has 5 heteroatoms. The minimum atomic E-state index is -3.62. The molecule has 362 valence electrons. The zero-order valence-electron chi connectivity index (χ0n) is 41.8. The van der Waals surface area contributed by atoms with E-state index in [0.717, 1.165) is 77.5 Å². The van der Waals surface area contributed by atoms with Crippen molar-refractivity contribution in [2.45, 2.75) is 0 Å². The van der Waals surface area contributed by atoms with Gasteiger partial charge in [-0.2, -0.15) is 0 Å². The number of rotatable bonds is 8. The molecule has 16 rings (SSSR count). The SMILES string of the molecule is c1ccc(-n2c3ccc(-c4ccc5oc6ccccc6c5c4)cc3c3cc([SiH-](c4ccccc4)(c4ccccc4)c4ccc5c(c4)c4cc(-c6ccc7oc8ccccc8c7c6)ccc4n5-c4ccccc4)ccc32)cc1. The molecule has 4 aromatic heterocycles. The molecule has 0 radical (unpaired) electrons. The molecule has 0 fully saturated rings. The van der Waals surface area contributed by atoms with E-state index in [0.29, 0.717) is 0 Å². The molecule has 0 bridgehead atoms. The first-order valence-corrected chi connectivity index (χ1v) is 28.8. The van der Waals surface area contributed by atoms with Gasteiger partial charge in [0.05, 0.1) is 0 Å². The number of nitrogens with zero attached hydrogens (tertiary/aromatic N) is 2. The second-order valence-electron chi connectivity index (χ2n) is 20.7. The van der Waals surface area contributed by atoms with Crippen LogP contribution in [0.3, 0.4) is 0 Å². The molecule has 16 aromatic rings. The van der Waals surface area contributed by atoms with Gasteiger partial charge in [0.1, 0.15) is 0 Å². The molecule has 77 heavy (non-hydrogen) atoms. The quantitative estimate of drug-likeness (QED) is 0.112. The molecule has 12 aromatic carbocycles. The van der Waals surface area contributed by atoms with Crippen LogP contribution in [-0.4, -0.2) is 17.2 Å². The second kappa shape index (κ2) is 17.0. The van der Waals surface area contributed by atoms with Gasteiger partial charge in [0.15, 0.2) is 0 Å². The van der Waals surface area contributed by atoms with Crippen molar-refractivity contribution in [2.75, 3.05) is 0 Å². The van der Waals surface area contributed by atoms with Crippen LogP contribution in [0.5, 0.6) is 0 Å². The van der Waals surface area contributed by atoms with Crippen molar-refractivity contribution in [2.24, 2.45) is 0 Å². The number of hydrogen-bond donors (Lipinski definition) is 0. The maximum absolute atomic E-state index is 6.29. The van der Waals surface area contributed by atoms with Crippen LogP contribution < -0.4 is 20.7 Å². The van der Waals surface area contributed by atoms with E-state index in [2.05, 4.69) is 276 Å². The monoisotopic (exact) mass is 999 g/mol. The predicted molar refractivity (Wildman–Crippen MR) is 326 cm³/mol. The van der Waals surface area contributed by atoms with Crippen LogP contribution >= 0.6 is 0 Å². The molecule has 0 saturated carbocycles. The van der Waals surface area contributed by atoms with Crippen molar-refractivity contribution in [3.8, 4) is 33.6 Å². The number of aromatic nitrogens is 2. The summed E-state index contributed by atoms with van der Waals surface area (Å²) >= 11 is 0. The maximum atomic E-state index is 6.29. The molecule has 4 heterocycles. The molecule has 0 spiro atoms. The summed E-state index contributed by atoms with van der Waals surface area (Å²) in [5.41, 5.74) is 15.2. The van der Waals surface area contributed by atoms with Gasteiger partial charge in [0.25, 0.3) is 0 Å². The van der Waals surface area contributed by atoms with Gasteiger partial charge in [-0.05, 0) is 0 Å². The molecule has 0 atom stereocenters. The summed E-state index contributed by atoms with van der Waals surface area (Å²) in [7, 11) is -3.62. The number of para-hydroxylation sites is 4. The Balaban J connectivity index is 0.960. The molecule has 0 aliphatic carbocycles. The van der Waals surface area contributed by atoms with E-state index < -0.39 is 8.07 Å². The fourth-order valence-corrected chi connectivity index (χ4v) is 18.7. The van der Waals surface area contributed by atoms with E-state index in [9.17, 15) is 0 Å². The van der Waals surface area contributed by atoms with Crippen molar-refractivity contribution in [1.29, 1.82) is 0 Å². The predicted octanol–water partition coefficient (Wildman–Crippen LogP) is 16.1. The van der Waals surface area contributed by atoms with E-state index in [1.54, 1.807) is 0 Å². The van der Waals surface area contributed by atoms with Gasteiger partial charge in [-0.3, -0.25) is 0 Å². The first kappa shape index (κ1) is 43.5. The minimum absolute atomic E-state index is 0.898. The number of benzene rings is 12. The molecular formula is C72H47N2O2Si-. The van der Waals surface area contributed by atoms with Gasteiger partial charge in [-0.25, -0.2) is 0 Å². The fourth-order valence-electron chi connectivity index (χ4n) is 13.1. The third-order valence-corrected chi connectivity index (χ3v) is 22.1. The van der Waals surface area contributed by atoms with Crippen molar-refractivity contribution < 1.29 is 8.83 Å². The molecule has 0 aliphatic rings. The number of fused-ring (bicyclic) bond motifs is 12. The van der Waals surface area contributed by atoms with Crippen molar-refractivity contribution in [3.05, 3.63) is 279 Å². The third-order valence-electron chi connectivity index (χ3n) is 16.6. The van der Waals surface area contributed by atoms with E-state index in [4.69, 9.17) is 8.83 Å². The van der Waals surface area contributed by atoms with Gasteiger partial charge in [-0.15, -0.1) is 0 Å².